The molecular weight excluding hydrogens is 331 g/mol. The van der Waals surface area contributed by atoms with Crippen molar-refractivity contribution in [3.63, 3.8) is 0 Å². The maximum Gasteiger partial charge on any atom is 0.277 e. The van der Waals surface area contributed by atoms with Crippen LogP contribution >= 0.6 is 11.3 Å². The Morgan fingerprint density at radius 2 is 2.33 bits per heavy atom. The van der Waals surface area contributed by atoms with Gasteiger partial charge in [-0.3, -0.25) is 4.79 Å². The van der Waals surface area contributed by atoms with Gasteiger partial charge in [-0.2, -0.15) is 0 Å². The number of carbonyl (C=O) groups excluding carboxylic acids is 1. The summed E-state index contributed by atoms with van der Waals surface area (Å²) in [7, 11) is 0. The number of aliphatic hydroxyl groups is 1. The zero-order chi connectivity index (χ0) is 17.5. The third-order valence-electron chi connectivity index (χ3n) is 3.47. The Labute approximate surface area is 142 Å². The van der Waals surface area contributed by atoms with Crippen molar-refractivity contribution in [3.05, 3.63) is 33.6 Å². The zero-order valence-corrected chi connectivity index (χ0v) is 13.9. The van der Waals surface area contributed by atoms with Gasteiger partial charge in [0.25, 0.3) is 5.91 Å². The van der Waals surface area contributed by atoms with E-state index < -0.39 is 17.7 Å². The van der Waals surface area contributed by atoms with Gasteiger partial charge in [0.15, 0.2) is 10.7 Å². The number of primary amides is 1. The molecular formula is C17H15FN2O3S. The molecule has 1 aromatic carbocycles. The Bertz CT molecular complexity index is 878. The quantitative estimate of drug-likeness (QED) is 0.776. The Morgan fingerprint density at radius 1 is 1.58 bits per heavy atom. The first-order chi connectivity index (χ1) is 11.3. The van der Waals surface area contributed by atoms with Crippen LogP contribution < -0.4 is 10.5 Å². The van der Waals surface area contributed by atoms with Gasteiger partial charge in [-0.05, 0) is 32.0 Å². The zero-order valence-electron chi connectivity index (χ0n) is 13.1. The lowest BCUT2D eigenvalue weighted by Crippen LogP contribution is -2.22. The largest absolute Gasteiger partial charge is 0.489 e. The number of hydrogen-bond acceptors (Lipinski definition) is 5. The fraction of sp³-hybridized carbons (Fsp3) is 0.294. The number of aliphatic hydroxyl groups excluding tert-OH is 1. The third-order valence-corrected chi connectivity index (χ3v) is 4.78. The van der Waals surface area contributed by atoms with Gasteiger partial charge >= 0.3 is 0 Å². The molecule has 0 radical (unpaired) electrons. The first-order valence-corrected chi connectivity index (χ1v) is 8.06. The molecule has 2 unspecified atom stereocenters. The summed E-state index contributed by atoms with van der Waals surface area (Å²) in [5.74, 6) is 5.24. The van der Waals surface area contributed by atoms with Crippen LogP contribution in [0.1, 0.15) is 34.1 Å². The average Bonchev–Trinajstić information content (AvgIpc) is 2.94. The highest BCUT2D eigenvalue weighted by Crippen LogP contribution is 2.45. The Morgan fingerprint density at radius 3 is 3.00 bits per heavy atom. The minimum Gasteiger partial charge on any atom is -0.489 e. The average molecular weight is 346 g/mol. The highest BCUT2D eigenvalue weighted by molar-refractivity contribution is 7.14. The van der Waals surface area contributed by atoms with Crippen molar-refractivity contribution < 1.29 is 19.0 Å². The number of aromatic nitrogens is 1. The lowest BCUT2D eigenvalue weighted by atomic mass is 10.0. The van der Waals surface area contributed by atoms with E-state index in [4.69, 9.17) is 10.5 Å². The van der Waals surface area contributed by atoms with E-state index >= 15 is 0 Å². The highest BCUT2D eigenvalue weighted by atomic mass is 32.1. The minimum absolute atomic E-state index is 0.0530. The number of ether oxygens (including phenoxy) is 1. The Balaban J connectivity index is 2.20. The van der Waals surface area contributed by atoms with Crippen molar-refractivity contribution in [2.75, 3.05) is 6.61 Å². The second kappa shape index (κ2) is 5.89. The second-order valence-corrected chi connectivity index (χ2v) is 6.70. The standard InChI is InChI=1S/C17H15FN2O3S/c1-9(21)3-4-10-5-6-12-11(7-10)13-14(17(2,18)8-23-12)24-16(20-13)15(19)22/h5-7,9,21H,8H2,1-2H3,(H2,19,22). The fourth-order valence-electron chi connectivity index (χ4n) is 2.35. The molecule has 0 saturated heterocycles. The molecule has 0 aliphatic carbocycles. The highest BCUT2D eigenvalue weighted by Gasteiger charge is 2.37. The smallest absolute Gasteiger partial charge is 0.277 e. The van der Waals surface area contributed by atoms with E-state index in [0.717, 1.165) is 11.3 Å². The second-order valence-electron chi connectivity index (χ2n) is 5.70. The molecule has 0 saturated carbocycles. The van der Waals surface area contributed by atoms with Crippen LogP contribution in [0.3, 0.4) is 0 Å². The van der Waals surface area contributed by atoms with Gasteiger partial charge in [-0.15, -0.1) is 11.3 Å². The van der Waals surface area contributed by atoms with Crippen molar-refractivity contribution in [1.82, 2.24) is 4.98 Å². The molecule has 1 aromatic heterocycles. The molecule has 1 aliphatic rings. The fourth-order valence-corrected chi connectivity index (χ4v) is 3.30. The molecule has 2 aromatic rings. The summed E-state index contributed by atoms with van der Waals surface area (Å²) in [6.45, 7) is 2.76. The number of thiazole rings is 1. The van der Waals surface area contributed by atoms with Crippen molar-refractivity contribution in [1.29, 1.82) is 0 Å². The molecule has 2 heterocycles. The van der Waals surface area contributed by atoms with Crippen LogP contribution in [0.25, 0.3) is 11.3 Å². The lowest BCUT2D eigenvalue weighted by molar-refractivity contribution is 0.1000. The van der Waals surface area contributed by atoms with Gasteiger partial charge in [0.1, 0.15) is 18.5 Å². The van der Waals surface area contributed by atoms with Crippen molar-refractivity contribution >= 4 is 17.2 Å². The molecule has 24 heavy (non-hydrogen) atoms. The normalized spacial score (nSPS) is 19.8. The van der Waals surface area contributed by atoms with Crippen LogP contribution in [0, 0.1) is 11.8 Å². The number of nitrogens with zero attached hydrogens (tertiary/aromatic N) is 1. The Hall–Kier alpha value is -2.43. The maximum atomic E-state index is 15.0. The molecule has 3 N–H and O–H groups in total. The molecule has 2 atom stereocenters. The summed E-state index contributed by atoms with van der Waals surface area (Å²) in [5.41, 5.74) is 5.02. The summed E-state index contributed by atoms with van der Waals surface area (Å²) >= 11 is 0.935. The molecule has 1 aliphatic heterocycles. The number of rotatable bonds is 1. The SMILES string of the molecule is CC(O)C#Cc1ccc2c(c1)-c1nc(C(N)=O)sc1C(C)(F)CO2. The van der Waals surface area contributed by atoms with Crippen molar-refractivity contribution in [2.45, 2.75) is 25.6 Å². The van der Waals surface area contributed by atoms with E-state index in [1.807, 2.05) is 0 Å². The van der Waals surface area contributed by atoms with E-state index in [2.05, 4.69) is 16.8 Å². The predicted octanol–water partition coefficient (Wildman–Crippen LogP) is 2.22. The molecule has 7 heteroatoms. The molecule has 0 spiro atoms. The van der Waals surface area contributed by atoms with Crippen LogP contribution in [-0.4, -0.2) is 28.7 Å². The summed E-state index contributed by atoms with van der Waals surface area (Å²) in [6.07, 6.45) is -0.759. The third kappa shape index (κ3) is 2.98. The topological polar surface area (TPSA) is 85.4 Å². The van der Waals surface area contributed by atoms with Gasteiger partial charge in [0, 0.05) is 11.1 Å². The van der Waals surface area contributed by atoms with Gasteiger partial charge in [0.2, 0.25) is 0 Å². The van der Waals surface area contributed by atoms with E-state index in [0.29, 0.717) is 27.4 Å². The number of halogens is 1. The number of benzene rings is 1. The lowest BCUT2D eigenvalue weighted by Gasteiger charge is -2.16. The number of fused-ring (bicyclic) bond motifs is 3. The van der Waals surface area contributed by atoms with Gasteiger partial charge < -0.3 is 15.6 Å². The monoisotopic (exact) mass is 346 g/mol. The van der Waals surface area contributed by atoms with Crippen LogP contribution in [0.2, 0.25) is 0 Å². The first kappa shape index (κ1) is 16.4. The maximum absolute atomic E-state index is 15.0. The van der Waals surface area contributed by atoms with Crippen LogP contribution in [0.4, 0.5) is 4.39 Å². The molecule has 1 amide bonds. The van der Waals surface area contributed by atoms with Crippen LogP contribution in [0.5, 0.6) is 5.75 Å². The van der Waals surface area contributed by atoms with Gasteiger partial charge in [-0.25, -0.2) is 9.37 Å². The minimum atomic E-state index is -1.79. The summed E-state index contributed by atoms with van der Waals surface area (Å²) in [6, 6.07) is 5.10. The van der Waals surface area contributed by atoms with E-state index in [1.54, 1.807) is 25.1 Å². The van der Waals surface area contributed by atoms with E-state index in [-0.39, 0.29) is 11.6 Å². The number of amides is 1. The Kier molecular flexibility index (Phi) is 4.03. The molecule has 3 rings (SSSR count). The van der Waals surface area contributed by atoms with Crippen molar-refractivity contribution in [3.8, 4) is 28.8 Å². The summed E-state index contributed by atoms with van der Waals surface area (Å²) in [4.78, 5) is 15.9. The van der Waals surface area contributed by atoms with Crippen LogP contribution in [-0.2, 0) is 5.67 Å². The molecule has 0 fully saturated rings. The first-order valence-electron chi connectivity index (χ1n) is 7.25. The number of hydrogen-bond donors (Lipinski definition) is 2. The predicted molar refractivity (Wildman–Crippen MR) is 88.6 cm³/mol. The number of nitrogens with two attached hydrogens (primary N) is 1. The summed E-state index contributed by atoms with van der Waals surface area (Å²) in [5, 5.41) is 9.33. The summed E-state index contributed by atoms with van der Waals surface area (Å²) < 4.78 is 20.5. The van der Waals surface area contributed by atoms with Crippen molar-refractivity contribution in [2.24, 2.45) is 5.73 Å². The van der Waals surface area contributed by atoms with Gasteiger partial charge in [-0.1, -0.05) is 11.8 Å². The van der Waals surface area contributed by atoms with E-state index in [1.165, 1.54) is 6.92 Å². The molecule has 124 valence electrons. The molecule has 5 nitrogen and oxygen atoms in total. The van der Waals surface area contributed by atoms with Gasteiger partial charge in [0.05, 0.1) is 10.6 Å². The number of alkyl halides is 1. The number of carbonyl (C=O) groups is 1. The van der Waals surface area contributed by atoms with Crippen LogP contribution in [0.15, 0.2) is 18.2 Å². The van der Waals surface area contributed by atoms with E-state index in [9.17, 15) is 14.3 Å². The molecule has 0 bridgehead atoms.